The maximum atomic E-state index is 2.37. The van der Waals surface area contributed by atoms with Crippen molar-refractivity contribution in [3.8, 4) is 0 Å². The fourth-order valence-electron chi connectivity index (χ4n) is 6.94. The molecule has 0 aromatic carbocycles. The molecule has 0 nitrogen and oxygen atoms in total. The Balaban J connectivity index is 4.71. The summed E-state index contributed by atoms with van der Waals surface area (Å²) in [6.45, 7) is 14.2. The van der Waals surface area contributed by atoms with Crippen molar-refractivity contribution >= 4 is 0 Å². The topological polar surface area (TPSA) is 0 Å². The van der Waals surface area contributed by atoms with E-state index in [0.717, 1.165) is 23.7 Å². The summed E-state index contributed by atoms with van der Waals surface area (Å²) < 4.78 is 0. The van der Waals surface area contributed by atoms with Crippen LogP contribution in [0.3, 0.4) is 0 Å². The quantitative estimate of drug-likeness (QED) is 0.0698. The second-order valence-electron chi connectivity index (χ2n) is 14.8. The third-order valence-corrected chi connectivity index (χ3v) is 9.74. The summed E-state index contributed by atoms with van der Waals surface area (Å²) in [4.78, 5) is 0. The summed E-state index contributed by atoms with van der Waals surface area (Å²) in [5.74, 6) is 3.81. The molecule has 0 aliphatic heterocycles. The van der Waals surface area contributed by atoms with Gasteiger partial charge in [-0.25, -0.2) is 0 Å². The van der Waals surface area contributed by atoms with Gasteiger partial charge in [-0.05, 0) is 23.7 Å². The predicted octanol–water partition coefficient (Wildman–Crippen LogP) is 15.3. The molecule has 2 atom stereocenters. The van der Waals surface area contributed by atoms with Crippen molar-refractivity contribution in [1.82, 2.24) is 0 Å². The van der Waals surface area contributed by atoms with Crippen molar-refractivity contribution in [2.45, 2.75) is 234 Å². The fraction of sp³-hybridized carbons (Fsp3) is 1.00. The molecule has 0 aromatic heterocycles. The van der Waals surface area contributed by atoms with Gasteiger partial charge in [0.05, 0.1) is 0 Å². The van der Waals surface area contributed by atoms with Gasteiger partial charge in [-0.2, -0.15) is 0 Å². The van der Waals surface area contributed by atoms with Crippen LogP contribution in [0.4, 0.5) is 0 Å². The molecule has 0 aliphatic rings. The summed E-state index contributed by atoms with van der Waals surface area (Å²) in [7, 11) is 0. The van der Waals surface area contributed by atoms with Crippen LogP contribution in [0.1, 0.15) is 234 Å². The molecule has 0 bridgehead atoms. The molecule has 0 saturated carbocycles. The second-order valence-corrected chi connectivity index (χ2v) is 14.8. The molecule has 2 unspecified atom stereocenters. The lowest BCUT2D eigenvalue weighted by Gasteiger charge is -2.28. The lowest BCUT2D eigenvalue weighted by Crippen LogP contribution is -2.16. The van der Waals surface area contributed by atoms with Crippen LogP contribution in [0.25, 0.3) is 0 Å². The van der Waals surface area contributed by atoms with Gasteiger partial charge in [0.15, 0.2) is 0 Å². The normalized spacial score (nSPS) is 13.5. The fourth-order valence-corrected chi connectivity index (χ4v) is 6.94. The van der Waals surface area contributed by atoms with E-state index >= 15 is 0 Å². The van der Waals surface area contributed by atoms with Gasteiger partial charge in [0, 0.05) is 0 Å². The van der Waals surface area contributed by atoms with Crippen LogP contribution in [-0.2, 0) is 0 Å². The zero-order chi connectivity index (χ0) is 29.5. The van der Waals surface area contributed by atoms with E-state index in [4.69, 9.17) is 0 Å². The van der Waals surface area contributed by atoms with Crippen molar-refractivity contribution in [3.63, 3.8) is 0 Å². The summed E-state index contributed by atoms with van der Waals surface area (Å²) >= 11 is 0. The zero-order valence-corrected chi connectivity index (χ0v) is 29.5. The van der Waals surface area contributed by atoms with E-state index < -0.39 is 0 Å². The first-order chi connectivity index (χ1) is 19.5. The van der Waals surface area contributed by atoms with Crippen molar-refractivity contribution in [1.29, 1.82) is 0 Å². The largest absolute Gasteiger partial charge is 0.0654 e. The Labute approximate surface area is 257 Å². The van der Waals surface area contributed by atoms with E-state index in [2.05, 4.69) is 41.5 Å². The molecule has 0 heteroatoms. The number of unbranched alkanes of at least 4 members (excludes halogenated alkanes) is 20. The standard InChI is InChI=1S/C40H82/c1-7-9-11-13-21-27-33-39(35-29-23-17-15-19-25-31-37(3)4)40(34-28-22-14-12-10-8-2)36-30-24-18-16-20-26-32-38(5)6/h37-40H,7-36H2,1-6H3. The highest BCUT2D eigenvalue weighted by Gasteiger charge is 2.20. The van der Waals surface area contributed by atoms with Crippen molar-refractivity contribution in [3.05, 3.63) is 0 Å². The minimum atomic E-state index is 0.885. The SMILES string of the molecule is CCCCCCCCC(CCCCCCCCC(C)C)C(CCCCCCCC)CCCCCCCCC(C)C. The highest BCUT2D eigenvalue weighted by atomic mass is 14.3. The summed E-state index contributed by atoms with van der Waals surface area (Å²) in [5, 5.41) is 0. The molecular formula is C40H82. The van der Waals surface area contributed by atoms with Gasteiger partial charge in [-0.15, -0.1) is 0 Å². The highest BCUT2D eigenvalue weighted by Crippen LogP contribution is 2.34. The summed E-state index contributed by atoms with van der Waals surface area (Å²) in [5.41, 5.74) is 0. The molecule has 0 amide bonds. The Bertz CT molecular complexity index is 407. The van der Waals surface area contributed by atoms with Crippen LogP contribution >= 0.6 is 0 Å². The van der Waals surface area contributed by atoms with Crippen LogP contribution in [0.15, 0.2) is 0 Å². The minimum absolute atomic E-state index is 0.885. The Morgan fingerprint density at radius 2 is 0.450 bits per heavy atom. The second kappa shape index (κ2) is 31.9. The molecule has 40 heavy (non-hydrogen) atoms. The Hall–Kier alpha value is 0. The van der Waals surface area contributed by atoms with Gasteiger partial charge in [-0.3, -0.25) is 0 Å². The molecule has 0 fully saturated rings. The molecule has 242 valence electrons. The first-order valence-electron chi connectivity index (χ1n) is 19.5. The van der Waals surface area contributed by atoms with Crippen LogP contribution in [0.2, 0.25) is 0 Å². The van der Waals surface area contributed by atoms with E-state index in [0.29, 0.717) is 0 Å². The molecule has 0 aromatic rings. The average molecular weight is 563 g/mol. The summed E-state index contributed by atoms with van der Waals surface area (Å²) in [6.07, 6.45) is 44.3. The maximum absolute atomic E-state index is 2.37. The monoisotopic (exact) mass is 563 g/mol. The maximum Gasteiger partial charge on any atom is -0.0386 e. The minimum Gasteiger partial charge on any atom is -0.0654 e. The molecule has 0 rings (SSSR count). The van der Waals surface area contributed by atoms with Gasteiger partial charge in [-0.1, -0.05) is 234 Å². The van der Waals surface area contributed by atoms with E-state index in [1.54, 1.807) is 0 Å². The third-order valence-electron chi connectivity index (χ3n) is 9.74. The summed E-state index contributed by atoms with van der Waals surface area (Å²) in [6, 6.07) is 0. The van der Waals surface area contributed by atoms with Crippen LogP contribution in [0.5, 0.6) is 0 Å². The van der Waals surface area contributed by atoms with E-state index in [1.165, 1.54) is 193 Å². The smallest absolute Gasteiger partial charge is 0.0386 e. The molecule has 0 N–H and O–H groups in total. The molecule has 0 heterocycles. The van der Waals surface area contributed by atoms with Crippen LogP contribution in [-0.4, -0.2) is 0 Å². The van der Waals surface area contributed by atoms with Crippen molar-refractivity contribution in [2.75, 3.05) is 0 Å². The first kappa shape index (κ1) is 40.0. The number of hydrogen-bond acceptors (Lipinski definition) is 0. The Morgan fingerprint density at radius 3 is 0.675 bits per heavy atom. The Kier molecular flexibility index (Phi) is 31.9. The third kappa shape index (κ3) is 29.5. The van der Waals surface area contributed by atoms with Gasteiger partial charge >= 0.3 is 0 Å². The Morgan fingerprint density at radius 1 is 0.250 bits per heavy atom. The van der Waals surface area contributed by atoms with Gasteiger partial charge < -0.3 is 0 Å². The highest BCUT2D eigenvalue weighted by molar-refractivity contribution is 4.72. The molecule has 0 saturated heterocycles. The number of rotatable bonds is 33. The first-order valence-corrected chi connectivity index (χ1v) is 19.5. The lowest BCUT2D eigenvalue weighted by atomic mass is 9.78. The van der Waals surface area contributed by atoms with Gasteiger partial charge in [0.2, 0.25) is 0 Å². The van der Waals surface area contributed by atoms with E-state index in [-0.39, 0.29) is 0 Å². The molecule has 0 spiro atoms. The van der Waals surface area contributed by atoms with Crippen LogP contribution in [0, 0.1) is 23.7 Å². The van der Waals surface area contributed by atoms with E-state index in [1.807, 2.05) is 0 Å². The predicted molar refractivity (Wildman–Crippen MR) is 187 cm³/mol. The van der Waals surface area contributed by atoms with Crippen molar-refractivity contribution in [2.24, 2.45) is 23.7 Å². The van der Waals surface area contributed by atoms with E-state index in [9.17, 15) is 0 Å². The lowest BCUT2D eigenvalue weighted by molar-refractivity contribution is 0.236. The number of hydrogen-bond donors (Lipinski definition) is 0. The zero-order valence-electron chi connectivity index (χ0n) is 29.5. The van der Waals surface area contributed by atoms with Crippen molar-refractivity contribution < 1.29 is 0 Å². The van der Waals surface area contributed by atoms with Crippen LogP contribution < -0.4 is 0 Å². The molecular weight excluding hydrogens is 480 g/mol. The molecule has 0 radical (unpaired) electrons. The molecule has 0 aliphatic carbocycles. The van der Waals surface area contributed by atoms with Gasteiger partial charge in [0.1, 0.15) is 0 Å². The average Bonchev–Trinajstić information content (AvgIpc) is 2.92. The van der Waals surface area contributed by atoms with Gasteiger partial charge in [0.25, 0.3) is 0 Å².